The molecule has 0 saturated heterocycles. The maximum absolute atomic E-state index is 6.06. The summed E-state index contributed by atoms with van der Waals surface area (Å²) in [5.74, 6) is 0. The number of rotatable bonds is 2. The molecular weight excluding hydrogens is 353 g/mol. The molecular formula is C15H14INS. The molecule has 0 heterocycles. The van der Waals surface area contributed by atoms with Crippen molar-refractivity contribution in [2.24, 2.45) is 0 Å². The standard InChI is InChI=1S/C15H14INS/c16-12-5-7-15(14(17)9-12)18-13-6-4-10-2-1-3-11(10)8-13/h4-9H,1-3,17H2. The molecule has 0 atom stereocenters. The van der Waals surface area contributed by atoms with Gasteiger partial charge in [-0.1, -0.05) is 17.8 Å². The quantitative estimate of drug-likeness (QED) is 0.624. The number of aryl methyl sites for hydroxylation is 2. The van der Waals surface area contributed by atoms with E-state index in [9.17, 15) is 0 Å². The van der Waals surface area contributed by atoms with Gasteiger partial charge in [0.2, 0.25) is 0 Å². The molecule has 18 heavy (non-hydrogen) atoms. The van der Waals surface area contributed by atoms with E-state index in [0.717, 1.165) is 10.6 Å². The highest BCUT2D eigenvalue weighted by Gasteiger charge is 2.11. The minimum absolute atomic E-state index is 0.868. The smallest absolute Gasteiger partial charge is 0.0466 e. The molecule has 2 aromatic rings. The van der Waals surface area contributed by atoms with E-state index in [2.05, 4.69) is 52.9 Å². The molecule has 0 unspecified atom stereocenters. The lowest BCUT2D eigenvalue weighted by Crippen LogP contribution is -1.89. The third-order valence-electron chi connectivity index (χ3n) is 3.27. The summed E-state index contributed by atoms with van der Waals surface area (Å²) in [6.07, 6.45) is 3.77. The van der Waals surface area contributed by atoms with Crippen LogP contribution >= 0.6 is 34.4 Å². The summed E-state index contributed by atoms with van der Waals surface area (Å²) in [5, 5.41) is 0. The van der Waals surface area contributed by atoms with Gasteiger partial charge in [-0.15, -0.1) is 0 Å². The van der Waals surface area contributed by atoms with Crippen LogP contribution in [0.5, 0.6) is 0 Å². The topological polar surface area (TPSA) is 26.0 Å². The summed E-state index contributed by atoms with van der Waals surface area (Å²) < 4.78 is 1.18. The summed E-state index contributed by atoms with van der Waals surface area (Å²) in [6, 6.07) is 13.0. The van der Waals surface area contributed by atoms with Crippen molar-refractivity contribution in [1.29, 1.82) is 0 Å². The first-order valence-electron chi connectivity index (χ1n) is 6.07. The van der Waals surface area contributed by atoms with Gasteiger partial charge in [0.05, 0.1) is 0 Å². The van der Waals surface area contributed by atoms with E-state index >= 15 is 0 Å². The van der Waals surface area contributed by atoms with E-state index in [1.54, 1.807) is 11.8 Å². The van der Waals surface area contributed by atoms with Crippen LogP contribution in [0.15, 0.2) is 46.2 Å². The molecule has 0 aliphatic heterocycles. The van der Waals surface area contributed by atoms with Crippen molar-refractivity contribution in [3.63, 3.8) is 0 Å². The van der Waals surface area contributed by atoms with Gasteiger partial charge in [-0.3, -0.25) is 0 Å². The van der Waals surface area contributed by atoms with Crippen LogP contribution in [0.2, 0.25) is 0 Å². The van der Waals surface area contributed by atoms with Gasteiger partial charge in [0.1, 0.15) is 0 Å². The van der Waals surface area contributed by atoms with Crippen molar-refractivity contribution in [1.82, 2.24) is 0 Å². The van der Waals surface area contributed by atoms with Crippen molar-refractivity contribution in [3.05, 3.63) is 51.1 Å². The Hall–Kier alpha value is -0.680. The second-order valence-corrected chi connectivity index (χ2v) is 6.93. The molecule has 0 bridgehead atoms. The largest absolute Gasteiger partial charge is 0.398 e. The molecule has 1 aliphatic rings. The molecule has 2 aromatic carbocycles. The zero-order valence-electron chi connectivity index (χ0n) is 9.95. The lowest BCUT2D eigenvalue weighted by molar-refractivity contribution is 0.911. The summed E-state index contributed by atoms with van der Waals surface area (Å²) >= 11 is 4.05. The Labute approximate surface area is 125 Å². The highest BCUT2D eigenvalue weighted by Crippen LogP contribution is 2.35. The van der Waals surface area contributed by atoms with Crippen LogP contribution in [-0.2, 0) is 12.8 Å². The molecule has 0 radical (unpaired) electrons. The Kier molecular flexibility index (Phi) is 3.52. The highest BCUT2D eigenvalue weighted by atomic mass is 127. The first-order valence-corrected chi connectivity index (χ1v) is 7.96. The lowest BCUT2D eigenvalue weighted by atomic mass is 10.1. The third-order valence-corrected chi connectivity index (χ3v) is 5.02. The van der Waals surface area contributed by atoms with Crippen molar-refractivity contribution in [3.8, 4) is 0 Å². The van der Waals surface area contributed by atoms with Crippen LogP contribution in [0.1, 0.15) is 17.5 Å². The predicted octanol–water partition coefficient (Wildman–Crippen LogP) is 4.51. The molecule has 0 saturated carbocycles. The first kappa shape index (κ1) is 12.4. The van der Waals surface area contributed by atoms with Gasteiger partial charge in [-0.25, -0.2) is 0 Å². The van der Waals surface area contributed by atoms with E-state index in [0.29, 0.717) is 0 Å². The number of nitrogen functional groups attached to an aromatic ring is 1. The Bertz CT molecular complexity index is 595. The second-order valence-electron chi connectivity index (χ2n) is 4.57. The van der Waals surface area contributed by atoms with Crippen LogP contribution in [0.4, 0.5) is 5.69 Å². The van der Waals surface area contributed by atoms with E-state index in [1.807, 2.05) is 6.07 Å². The molecule has 1 aliphatic carbocycles. The van der Waals surface area contributed by atoms with E-state index in [-0.39, 0.29) is 0 Å². The van der Waals surface area contributed by atoms with Gasteiger partial charge < -0.3 is 5.73 Å². The molecule has 92 valence electrons. The van der Waals surface area contributed by atoms with Crippen LogP contribution in [0.3, 0.4) is 0 Å². The Balaban J connectivity index is 1.88. The summed E-state index contributed by atoms with van der Waals surface area (Å²) in [4.78, 5) is 2.44. The average molecular weight is 367 g/mol. The number of hydrogen-bond donors (Lipinski definition) is 1. The Morgan fingerprint density at radius 3 is 2.67 bits per heavy atom. The first-order chi connectivity index (χ1) is 8.72. The molecule has 0 fully saturated rings. The maximum atomic E-state index is 6.06. The van der Waals surface area contributed by atoms with Crippen molar-refractivity contribution in [2.45, 2.75) is 29.1 Å². The van der Waals surface area contributed by atoms with E-state index in [1.165, 1.54) is 38.9 Å². The number of anilines is 1. The fourth-order valence-corrected chi connectivity index (χ4v) is 3.77. The number of fused-ring (bicyclic) bond motifs is 1. The number of benzene rings is 2. The molecule has 1 nitrogen and oxygen atoms in total. The van der Waals surface area contributed by atoms with Gasteiger partial charge in [0.15, 0.2) is 0 Å². The van der Waals surface area contributed by atoms with Crippen LogP contribution in [0, 0.1) is 3.57 Å². The number of halogens is 1. The third kappa shape index (κ3) is 2.52. The predicted molar refractivity (Wildman–Crippen MR) is 86.2 cm³/mol. The van der Waals surface area contributed by atoms with E-state index in [4.69, 9.17) is 5.73 Å². The number of hydrogen-bond acceptors (Lipinski definition) is 2. The lowest BCUT2D eigenvalue weighted by Gasteiger charge is -2.07. The van der Waals surface area contributed by atoms with Crippen molar-refractivity contribution < 1.29 is 0 Å². The maximum Gasteiger partial charge on any atom is 0.0466 e. The van der Waals surface area contributed by atoms with Gasteiger partial charge in [0.25, 0.3) is 0 Å². The Morgan fingerprint density at radius 1 is 1.00 bits per heavy atom. The minimum atomic E-state index is 0.868. The van der Waals surface area contributed by atoms with Gasteiger partial charge >= 0.3 is 0 Å². The normalized spacial score (nSPS) is 13.6. The van der Waals surface area contributed by atoms with Crippen LogP contribution in [0.25, 0.3) is 0 Å². The fourth-order valence-electron chi connectivity index (χ4n) is 2.35. The Morgan fingerprint density at radius 2 is 1.83 bits per heavy atom. The van der Waals surface area contributed by atoms with E-state index < -0.39 is 0 Å². The molecule has 0 amide bonds. The minimum Gasteiger partial charge on any atom is -0.398 e. The van der Waals surface area contributed by atoms with Crippen LogP contribution in [-0.4, -0.2) is 0 Å². The summed E-state index contributed by atoms with van der Waals surface area (Å²) in [6.45, 7) is 0. The van der Waals surface area contributed by atoms with Crippen molar-refractivity contribution in [2.75, 3.05) is 5.73 Å². The monoisotopic (exact) mass is 367 g/mol. The number of nitrogens with two attached hydrogens (primary N) is 1. The van der Waals surface area contributed by atoms with Crippen LogP contribution < -0.4 is 5.73 Å². The van der Waals surface area contributed by atoms with Gasteiger partial charge in [-0.2, -0.15) is 0 Å². The molecule has 2 N–H and O–H groups in total. The second kappa shape index (κ2) is 5.13. The molecule has 3 heteroatoms. The average Bonchev–Trinajstić information content (AvgIpc) is 2.80. The summed E-state index contributed by atoms with van der Waals surface area (Å²) in [5.41, 5.74) is 9.97. The highest BCUT2D eigenvalue weighted by molar-refractivity contribution is 14.1. The zero-order valence-corrected chi connectivity index (χ0v) is 12.9. The van der Waals surface area contributed by atoms with Gasteiger partial charge in [-0.05, 0) is 83.3 Å². The molecule has 0 aromatic heterocycles. The molecule has 0 spiro atoms. The zero-order chi connectivity index (χ0) is 12.5. The summed E-state index contributed by atoms with van der Waals surface area (Å²) in [7, 11) is 0. The molecule has 3 rings (SSSR count). The van der Waals surface area contributed by atoms with Gasteiger partial charge in [0, 0.05) is 19.0 Å². The SMILES string of the molecule is Nc1cc(I)ccc1Sc1ccc2c(c1)CCC2. The van der Waals surface area contributed by atoms with Crippen molar-refractivity contribution >= 4 is 40.0 Å². The fraction of sp³-hybridized carbons (Fsp3) is 0.200.